The van der Waals surface area contributed by atoms with Crippen LogP contribution in [0.15, 0.2) is 48.5 Å². The minimum absolute atomic E-state index is 0.0263. The number of nitrogens with zero attached hydrogens (tertiary/aromatic N) is 2. The Labute approximate surface area is 221 Å². The number of carbonyl (C=O) groups is 1. The van der Waals surface area contributed by atoms with Crippen LogP contribution in [-0.4, -0.2) is 66.9 Å². The number of amides is 1. The first kappa shape index (κ1) is 27.8. The fourth-order valence-corrected chi connectivity index (χ4v) is 5.40. The molecule has 1 saturated heterocycles. The van der Waals surface area contributed by atoms with E-state index in [0.29, 0.717) is 31.2 Å². The molecule has 0 saturated carbocycles. The molecule has 206 valence electrons. The number of fused-ring (bicyclic) bond motifs is 1. The Morgan fingerprint density at radius 2 is 1.92 bits per heavy atom. The molecule has 0 spiro atoms. The van der Waals surface area contributed by atoms with Gasteiger partial charge in [-0.2, -0.15) is 0 Å². The smallest absolute Gasteiger partial charge is 0.497 e. The summed E-state index contributed by atoms with van der Waals surface area (Å²) in [7, 11) is 1.62. The standard InChI is InChI=1S/C29H36F3N3O3/c1-5-35(27(36)26-15-21-14-23(37-4)11-12-25(21)33-26)18-20-8-7-13-34(17-20)19-28(2,3)22-9-6-10-24(16-22)38-29(30,31)32/h6,9-12,14-16,20,33H,5,7-8,13,17-19H2,1-4H3. The lowest BCUT2D eigenvalue weighted by atomic mass is 9.83. The van der Waals surface area contributed by atoms with Gasteiger partial charge >= 0.3 is 6.36 Å². The van der Waals surface area contributed by atoms with E-state index < -0.39 is 6.36 Å². The molecule has 6 nitrogen and oxygen atoms in total. The maximum Gasteiger partial charge on any atom is 0.573 e. The molecular formula is C29H36F3N3O3. The molecule has 1 aliphatic rings. The quantitative estimate of drug-likeness (QED) is 0.356. The van der Waals surface area contributed by atoms with E-state index >= 15 is 0 Å². The van der Waals surface area contributed by atoms with E-state index in [1.165, 1.54) is 12.1 Å². The van der Waals surface area contributed by atoms with Crippen molar-refractivity contribution in [2.75, 3.05) is 39.8 Å². The van der Waals surface area contributed by atoms with Crippen molar-refractivity contribution >= 4 is 16.8 Å². The topological polar surface area (TPSA) is 57.8 Å². The van der Waals surface area contributed by atoms with Crippen LogP contribution in [0.1, 0.15) is 49.7 Å². The molecule has 3 aromatic rings. The lowest BCUT2D eigenvalue weighted by Gasteiger charge is -2.39. The number of hydrogen-bond acceptors (Lipinski definition) is 4. The zero-order valence-electron chi connectivity index (χ0n) is 22.4. The van der Waals surface area contributed by atoms with Crippen LogP contribution in [0.25, 0.3) is 10.9 Å². The monoisotopic (exact) mass is 531 g/mol. The molecule has 1 unspecified atom stereocenters. The molecule has 2 aromatic carbocycles. The number of hydrogen-bond donors (Lipinski definition) is 1. The molecule has 0 radical (unpaired) electrons. The molecule has 4 rings (SSSR count). The second kappa shape index (κ2) is 11.3. The van der Waals surface area contributed by atoms with Gasteiger partial charge in [0.05, 0.1) is 7.11 Å². The van der Waals surface area contributed by atoms with Gasteiger partial charge in [0.2, 0.25) is 0 Å². The first-order valence-electron chi connectivity index (χ1n) is 13.0. The number of benzene rings is 2. The molecule has 38 heavy (non-hydrogen) atoms. The molecule has 9 heteroatoms. The molecule has 1 aliphatic heterocycles. The van der Waals surface area contributed by atoms with Gasteiger partial charge in [0.25, 0.3) is 5.91 Å². The molecule has 1 fully saturated rings. The Bertz CT molecular complexity index is 1250. The van der Waals surface area contributed by atoms with Gasteiger partial charge in [0.15, 0.2) is 0 Å². The van der Waals surface area contributed by atoms with Crippen molar-refractivity contribution in [3.05, 3.63) is 59.8 Å². The van der Waals surface area contributed by atoms with Crippen LogP contribution in [0.2, 0.25) is 0 Å². The van der Waals surface area contributed by atoms with Crippen molar-refractivity contribution in [2.45, 2.75) is 45.4 Å². The summed E-state index contributed by atoms with van der Waals surface area (Å²) in [5.74, 6) is 0.828. The van der Waals surface area contributed by atoms with Crippen molar-refractivity contribution in [1.82, 2.24) is 14.8 Å². The number of methoxy groups -OCH3 is 1. The maximum atomic E-state index is 13.4. The Balaban J connectivity index is 1.40. The van der Waals surface area contributed by atoms with Gasteiger partial charge in [-0.1, -0.05) is 26.0 Å². The third kappa shape index (κ3) is 6.81. The third-order valence-electron chi connectivity index (χ3n) is 7.28. The number of ether oxygens (including phenoxy) is 2. The van der Waals surface area contributed by atoms with Gasteiger partial charge in [-0.3, -0.25) is 4.79 Å². The molecule has 1 amide bonds. The predicted molar refractivity (Wildman–Crippen MR) is 142 cm³/mol. The third-order valence-corrected chi connectivity index (χ3v) is 7.28. The van der Waals surface area contributed by atoms with Crippen molar-refractivity contribution in [2.24, 2.45) is 5.92 Å². The normalized spacial score (nSPS) is 17.0. The van der Waals surface area contributed by atoms with E-state index in [-0.39, 0.29) is 17.1 Å². The van der Waals surface area contributed by atoms with Crippen LogP contribution in [0.4, 0.5) is 13.2 Å². The highest BCUT2D eigenvalue weighted by atomic mass is 19.4. The minimum atomic E-state index is -4.72. The van der Waals surface area contributed by atoms with Crippen LogP contribution < -0.4 is 9.47 Å². The number of rotatable bonds is 9. The van der Waals surface area contributed by atoms with Crippen LogP contribution in [-0.2, 0) is 5.41 Å². The number of carbonyl (C=O) groups excluding carboxylic acids is 1. The van der Waals surface area contributed by atoms with Gasteiger partial charge in [-0.15, -0.1) is 13.2 Å². The minimum Gasteiger partial charge on any atom is -0.497 e. The van der Waals surface area contributed by atoms with Crippen LogP contribution >= 0.6 is 0 Å². The van der Waals surface area contributed by atoms with Crippen molar-refractivity contribution in [1.29, 1.82) is 0 Å². The van der Waals surface area contributed by atoms with Gasteiger partial charge < -0.3 is 24.3 Å². The second-order valence-corrected chi connectivity index (χ2v) is 10.7. The van der Waals surface area contributed by atoms with E-state index in [9.17, 15) is 18.0 Å². The summed E-state index contributed by atoms with van der Waals surface area (Å²) in [6.07, 6.45) is -2.68. The van der Waals surface area contributed by atoms with E-state index in [4.69, 9.17) is 4.74 Å². The Kier molecular flexibility index (Phi) is 8.25. The fourth-order valence-electron chi connectivity index (χ4n) is 5.40. The molecule has 1 atom stereocenters. The number of nitrogens with one attached hydrogen (secondary N) is 1. The average Bonchev–Trinajstić information content (AvgIpc) is 3.29. The zero-order chi connectivity index (χ0) is 27.5. The highest BCUT2D eigenvalue weighted by Crippen LogP contribution is 2.31. The van der Waals surface area contributed by atoms with Crippen molar-refractivity contribution < 1.29 is 27.4 Å². The molecule has 0 bridgehead atoms. The van der Waals surface area contributed by atoms with Crippen LogP contribution in [0.5, 0.6) is 11.5 Å². The molecule has 0 aliphatic carbocycles. The summed E-state index contributed by atoms with van der Waals surface area (Å²) in [5.41, 5.74) is 1.87. The predicted octanol–water partition coefficient (Wildman–Crippen LogP) is 6.23. The summed E-state index contributed by atoms with van der Waals surface area (Å²) in [6.45, 7) is 9.77. The van der Waals surface area contributed by atoms with Gasteiger partial charge in [-0.05, 0) is 74.2 Å². The number of H-pyrrole nitrogens is 1. The van der Waals surface area contributed by atoms with Gasteiger partial charge in [-0.25, -0.2) is 0 Å². The first-order valence-corrected chi connectivity index (χ1v) is 13.0. The maximum absolute atomic E-state index is 13.4. The highest BCUT2D eigenvalue weighted by molar-refractivity contribution is 5.98. The van der Waals surface area contributed by atoms with Crippen LogP contribution in [0, 0.1) is 5.92 Å². The average molecular weight is 532 g/mol. The number of aromatic nitrogens is 1. The first-order chi connectivity index (χ1) is 18.0. The summed E-state index contributed by atoms with van der Waals surface area (Å²) >= 11 is 0. The molecular weight excluding hydrogens is 495 g/mol. The van der Waals surface area contributed by atoms with Crippen molar-refractivity contribution in [3.8, 4) is 11.5 Å². The molecule has 1 aromatic heterocycles. The number of piperidine rings is 1. The van der Waals surface area contributed by atoms with E-state index in [1.54, 1.807) is 13.2 Å². The Morgan fingerprint density at radius 1 is 1.13 bits per heavy atom. The lowest BCUT2D eigenvalue weighted by Crippen LogP contribution is -2.46. The summed E-state index contributed by atoms with van der Waals surface area (Å²) in [5, 5.41) is 0.930. The number of likely N-dealkylation sites (tertiary alicyclic amines) is 1. The van der Waals surface area contributed by atoms with E-state index in [1.807, 2.05) is 56.0 Å². The number of aromatic amines is 1. The molecule has 2 heterocycles. The number of alkyl halides is 3. The highest BCUT2D eigenvalue weighted by Gasteiger charge is 2.33. The summed E-state index contributed by atoms with van der Waals surface area (Å²) in [4.78, 5) is 20.8. The Morgan fingerprint density at radius 3 is 2.63 bits per heavy atom. The van der Waals surface area contributed by atoms with E-state index in [0.717, 1.165) is 48.1 Å². The van der Waals surface area contributed by atoms with Gasteiger partial charge in [0, 0.05) is 42.5 Å². The SMILES string of the molecule is CCN(CC1CCCN(CC(C)(C)c2cccc(OC(F)(F)F)c2)C1)C(=O)c1cc2cc(OC)ccc2[nH]1. The fraction of sp³-hybridized carbons (Fsp3) is 0.483. The van der Waals surface area contributed by atoms with E-state index in [2.05, 4.69) is 14.6 Å². The second-order valence-electron chi connectivity index (χ2n) is 10.7. The number of halogens is 3. The van der Waals surface area contributed by atoms with Crippen molar-refractivity contribution in [3.63, 3.8) is 0 Å². The zero-order valence-corrected chi connectivity index (χ0v) is 22.4. The molecule has 1 N–H and O–H groups in total. The van der Waals surface area contributed by atoms with Crippen LogP contribution in [0.3, 0.4) is 0 Å². The summed E-state index contributed by atoms with van der Waals surface area (Å²) in [6, 6.07) is 13.8. The largest absolute Gasteiger partial charge is 0.573 e. The van der Waals surface area contributed by atoms with Gasteiger partial charge in [0.1, 0.15) is 17.2 Å². The lowest BCUT2D eigenvalue weighted by molar-refractivity contribution is -0.274. The summed E-state index contributed by atoms with van der Waals surface area (Å²) < 4.78 is 47.5. The Hall–Kier alpha value is -3.20.